The average Bonchev–Trinajstić information content (AvgIpc) is 2.76. The van der Waals surface area contributed by atoms with Crippen LogP contribution in [0.15, 0.2) is 36.4 Å². The summed E-state index contributed by atoms with van der Waals surface area (Å²) in [4.78, 5) is 1.22. The fourth-order valence-corrected chi connectivity index (χ4v) is 2.66. The summed E-state index contributed by atoms with van der Waals surface area (Å²) >= 11 is 7.52. The number of anilines is 1. The molecule has 2 nitrogen and oxygen atoms in total. The van der Waals surface area contributed by atoms with Gasteiger partial charge in [-0.2, -0.15) is 0 Å². The first-order chi connectivity index (χ1) is 8.19. The van der Waals surface area contributed by atoms with Crippen LogP contribution in [0.25, 0.3) is 0 Å². The fourth-order valence-electron chi connectivity index (χ4n) is 1.59. The van der Waals surface area contributed by atoms with Crippen molar-refractivity contribution in [2.75, 3.05) is 12.4 Å². The number of thiophene rings is 1. The van der Waals surface area contributed by atoms with E-state index >= 15 is 0 Å². The Morgan fingerprint density at radius 3 is 2.76 bits per heavy atom. The van der Waals surface area contributed by atoms with E-state index in [2.05, 4.69) is 12.2 Å². The van der Waals surface area contributed by atoms with Gasteiger partial charge in [-0.15, -0.1) is 11.3 Å². The molecule has 0 aliphatic heterocycles. The molecule has 17 heavy (non-hydrogen) atoms. The van der Waals surface area contributed by atoms with E-state index in [9.17, 15) is 0 Å². The van der Waals surface area contributed by atoms with Crippen molar-refractivity contribution in [1.29, 1.82) is 0 Å². The summed E-state index contributed by atoms with van der Waals surface area (Å²) in [6.07, 6.45) is 0. The third-order valence-electron chi connectivity index (χ3n) is 2.47. The molecule has 1 aromatic heterocycles. The molecule has 1 unspecified atom stereocenters. The van der Waals surface area contributed by atoms with Crippen LogP contribution in [0.2, 0.25) is 4.34 Å². The maximum Gasteiger partial charge on any atom is 0.120 e. The fraction of sp³-hybridized carbons (Fsp3) is 0.231. The highest BCUT2D eigenvalue weighted by atomic mass is 35.5. The van der Waals surface area contributed by atoms with Gasteiger partial charge in [-0.3, -0.25) is 0 Å². The van der Waals surface area contributed by atoms with Gasteiger partial charge in [0.25, 0.3) is 0 Å². The molecule has 1 atom stereocenters. The molecule has 4 heteroatoms. The van der Waals surface area contributed by atoms with Gasteiger partial charge in [0.15, 0.2) is 0 Å². The largest absolute Gasteiger partial charge is 0.497 e. The third-order valence-corrected chi connectivity index (χ3v) is 3.89. The lowest BCUT2D eigenvalue weighted by atomic mass is 10.2. The van der Waals surface area contributed by atoms with Gasteiger partial charge in [-0.05, 0) is 31.2 Å². The molecule has 1 aromatic carbocycles. The zero-order valence-corrected chi connectivity index (χ0v) is 11.3. The Balaban J connectivity index is 2.09. The molecule has 0 aliphatic rings. The third kappa shape index (κ3) is 3.14. The van der Waals surface area contributed by atoms with E-state index < -0.39 is 0 Å². The summed E-state index contributed by atoms with van der Waals surface area (Å²) in [5, 5.41) is 3.42. The number of ether oxygens (including phenoxy) is 1. The minimum Gasteiger partial charge on any atom is -0.497 e. The number of nitrogens with one attached hydrogen (secondary N) is 1. The Morgan fingerprint density at radius 1 is 1.29 bits per heavy atom. The van der Waals surface area contributed by atoms with Crippen molar-refractivity contribution in [1.82, 2.24) is 0 Å². The van der Waals surface area contributed by atoms with Crippen LogP contribution in [0, 0.1) is 0 Å². The molecule has 0 saturated carbocycles. The Labute approximate surface area is 110 Å². The minimum absolute atomic E-state index is 0.236. The SMILES string of the molecule is COc1cccc(NC(C)c2ccc(Cl)s2)c1. The maximum atomic E-state index is 5.93. The molecule has 0 fully saturated rings. The van der Waals surface area contributed by atoms with Crippen molar-refractivity contribution in [3.05, 3.63) is 45.6 Å². The number of rotatable bonds is 4. The van der Waals surface area contributed by atoms with Crippen LogP contribution in [0.4, 0.5) is 5.69 Å². The van der Waals surface area contributed by atoms with Crippen LogP contribution >= 0.6 is 22.9 Å². The highest BCUT2D eigenvalue weighted by Gasteiger charge is 2.08. The first-order valence-corrected chi connectivity index (χ1v) is 6.54. The molecule has 0 spiro atoms. The quantitative estimate of drug-likeness (QED) is 0.875. The van der Waals surface area contributed by atoms with Gasteiger partial charge in [0, 0.05) is 16.6 Å². The smallest absolute Gasteiger partial charge is 0.120 e. The van der Waals surface area contributed by atoms with Gasteiger partial charge >= 0.3 is 0 Å². The summed E-state index contributed by atoms with van der Waals surface area (Å²) < 4.78 is 6.01. The summed E-state index contributed by atoms with van der Waals surface area (Å²) in [6, 6.07) is 12.1. The minimum atomic E-state index is 0.236. The molecule has 0 bridgehead atoms. The van der Waals surface area contributed by atoms with Gasteiger partial charge in [-0.25, -0.2) is 0 Å². The molecule has 1 N–H and O–H groups in total. The van der Waals surface area contributed by atoms with Gasteiger partial charge in [-0.1, -0.05) is 17.7 Å². The summed E-state index contributed by atoms with van der Waals surface area (Å²) in [5.41, 5.74) is 1.04. The molecule has 90 valence electrons. The van der Waals surface area contributed by atoms with Crippen molar-refractivity contribution in [2.24, 2.45) is 0 Å². The highest BCUT2D eigenvalue weighted by Crippen LogP contribution is 2.29. The Bertz CT molecular complexity index is 498. The lowest BCUT2D eigenvalue weighted by molar-refractivity contribution is 0.415. The molecular weight excluding hydrogens is 254 g/mol. The van der Waals surface area contributed by atoms with Crippen LogP contribution in [-0.4, -0.2) is 7.11 Å². The normalized spacial score (nSPS) is 12.2. The lowest BCUT2D eigenvalue weighted by Gasteiger charge is -2.14. The predicted molar refractivity (Wildman–Crippen MR) is 74.4 cm³/mol. The Kier molecular flexibility index (Phi) is 3.92. The molecule has 2 rings (SSSR count). The van der Waals surface area contributed by atoms with Crippen molar-refractivity contribution < 1.29 is 4.74 Å². The average molecular weight is 268 g/mol. The summed E-state index contributed by atoms with van der Waals surface area (Å²) in [5.74, 6) is 0.853. The molecule has 2 aromatic rings. The van der Waals surface area contributed by atoms with Crippen LogP contribution in [0.1, 0.15) is 17.8 Å². The Morgan fingerprint density at radius 2 is 2.12 bits per heavy atom. The standard InChI is InChI=1S/C13H14ClNOS/c1-9(12-6-7-13(14)17-12)15-10-4-3-5-11(8-10)16-2/h3-9,15H,1-2H3. The van der Waals surface area contributed by atoms with E-state index in [0.717, 1.165) is 15.8 Å². The van der Waals surface area contributed by atoms with E-state index in [0.29, 0.717) is 0 Å². The van der Waals surface area contributed by atoms with E-state index in [-0.39, 0.29) is 6.04 Å². The highest BCUT2D eigenvalue weighted by molar-refractivity contribution is 7.16. The van der Waals surface area contributed by atoms with Gasteiger partial charge in [0.05, 0.1) is 17.5 Å². The maximum absolute atomic E-state index is 5.93. The lowest BCUT2D eigenvalue weighted by Crippen LogP contribution is -2.04. The van der Waals surface area contributed by atoms with Crippen molar-refractivity contribution in [2.45, 2.75) is 13.0 Å². The number of benzene rings is 1. The number of hydrogen-bond acceptors (Lipinski definition) is 3. The van der Waals surface area contributed by atoms with E-state index in [1.54, 1.807) is 18.4 Å². The van der Waals surface area contributed by atoms with Gasteiger partial charge in [0.2, 0.25) is 0 Å². The zero-order chi connectivity index (χ0) is 12.3. The van der Waals surface area contributed by atoms with Crippen molar-refractivity contribution in [3.8, 4) is 5.75 Å². The molecule has 0 radical (unpaired) electrons. The monoisotopic (exact) mass is 267 g/mol. The van der Waals surface area contributed by atoms with E-state index in [1.807, 2.05) is 36.4 Å². The van der Waals surface area contributed by atoms with Gasteiger partial charge < -0.3 is 10.1 Å². The van der Waals surface area contributed by atoms with Crippen LogP contribution in [0.3, 0.4) is 0 Å². The number of methoxy groups -OCH3 is 1. The molecule has 0 aliphatic carbocycles. The first kappa shape index (κ1) is 12.3. The molecular formula is C13H14ClNOS. The van der Waals surface area contributed by atoms with Crippen LogP contribution in [-0.2, 0) is 0 Å². The first-order valence-electron chi connectivity index (χ1n) is 5.35. The number of halogens is 1. The second kappa shape index (κ2) is 5.43. The predicted octanol–water partition coefficient (Wildman–Crippen LogP) is 4.58. The number of hydrogen-bond donors (Lipinski definition) is 1. The van der Waals surface area contributed by atoms with Crippen molar-refractivity contribution >= 4 is 28.6 Å². The second-order valence-corrected chi connectivity index (χ2v) is 5.49. The van der Waals surface area contributed by atoms with Gasteiger partial charge in [0.1, 0.15) is 5.75 Å². The van der Waals surface area contributed by atoms with Crippen LogP contribution < -0.4 is 10.1 Å². The molecule has 1 heterocycles. The molecule has 0 saturated heterocycles. The zero-order valence-electron chi connectivity index (χ0n) is 9.74. The van der Waals surface area contributed by atoms with E-state index in [1.165, 1.54) is 4.88 Å². The van der Waals surface area contributed by atoms with Crippen LogP contribution in [0.5, 0.6) is 5.75 Å². The van der Waals surface area contributed by atoms with Crippen molar-refractivity contribution in [3.63, 3.8) is 0 Å². The molecule has 0 amide bonds. The summed E-state index contributed by atoms with van der Waals surface area (Å²) in [6.45, 7) is 2.11. The van der Waals surface area contributed by atoms with E-state index in [4.69, 9.17) is 16.3 Å². The topological polar surface area (TPSA) is 21.3 Å². The second-order valence-electron chi connectivity index (χ2n) is 3.74. The summed E-state index contributed by atoms with van der Waals surface area (Å²) in [7, 11) is 1.67. The Hall–Kier alpha value is -1.19.